The number of piperazine rings is 1. The highest BCUT2D eigenvalue weighted by Crippen LogP contribution is 2.53. The molecule has 1 aromatic heterocycles. The number of benzene rings is 1. The fraction of sp³-hybridized carbons (Fsp3) is 0.481. The molecule has 2 aromatic rings. The first kappa shape index (κ1) is 23.6. The maximum atomic E-state index is 13.9. The maximum Gasteiger partial charge on any atom is 0.279 e. The van der Waals surface area contributed by atoms with Gasteiger partial charge in [-0.15, -0.1) is 0 Å². The highest BCUT2D eigenvalue weighted by Gasteiger charge is 2.65. The zero-order valence-corrected chi connectivity index (χ0v) is 21.1. The van der Waals surface area contributed by atoms with Crippen LogP contribution in [0.3, 0.4) is 0 Å². The number of ether oxygens (including phenoxy) is 1. The number of carbonyl (C=O) groups excluding carboxylic acids is 2. The highest BCUT2D eigenvalue weighted by atomic mass is 16.5. The number of aromatic nitrogens is 1. The second-order valence-corrected chi connectivity index (χ2v) is 10.3. The molecule has 5 rings (SSSR count). The van der Waals surface area contributed by atoms with Crippen molar-refractivity contribution < 1.29 is 24.5 Å². The Morgan fingerprint density at radius 3 is 2.51 bits per heavy atom. The van der Waals surface area contributed by atoms with Gasteiger partial charge in [0, 0.05) is 29.3 Å². The van der Waals surface area contributed by atoms with Crippen molar-refractivity contribution in [1.29, 1.82) is 0 Å². The number of methoxy groups -OCH3 is 1. The number of allylic oxidation sites excluding steroid dienone is 3. The lowest BCUT2D eigenvalue weighted by Gasteiger charge is -2.54. The number of hydrogen-bond donors (Lipinski definition) is 2. The van der Waals surface area contributed by atoms with Crippen molar-refractivity contribution in [3.8, 4) is 5.75 Å². The predicted octanol–water partition coefficient (Wildman–Crippen LogP) is 3.50. The Hall–Kier alpha value is -3.10. The largest absolute Gasteiger partial charge is 0.497 e. The smallest absolute Gasteiger partial charge is 0.279 e. The molecule has 3 aliphatic heterocycles. The number of aliphatic hydroxyl groups is 2. The van der Waals surface area contributed by atoms with Crippen LogP contribution in [0.5, 0.6) is 5.75 Å². The third-order valence-corrected chi connectivity index (χ3v) is 7.73. The van der Waals surface area contributed by atoms with E-state index in [-0.39, 0.29) is 5.91 Å². The van der Waals surface area contributed by atoms with Crippen LogP contribution in [-0.2, 0) is 9.59 Å². The van der Waals surface area contributed by atoms with E-state index in [2.05, 4.69) is 0 Å². The van der Waals surface area contributed by atoms with Crippen molar-refractivity contribution >= 4 is 28.4 Å². The SMILES string of the molecule is COc1ccc2c3c(n(C(C)=C(C)C)c2c1)[C@H](C=C(C)C)N1C(=O)[C@@H]2CCCN2C(=O)[C@]1(O)[C@H]3O. The van der Waals surface area contributed by atoms with E-state index < -0.39 is 29.8 Å². The van der Waals surface area contributed by atoms with Crippen LogP contribution in [0.15, 0.2) is 35.4 Å². The van der Waals surface area contributed by atoms with Gasteiger partial charge in [0.15, 0.2) is 0 Å². The Kier molecular flexibility index (Phi) is 5.38. The van der Waals surface area contributed by atoms with Crippen LogP contribution in [-0.4, -0.2) is 61.8 Å². The molecule has 0 aliphatic carbocycles. The first-order chi connectivity index (χ1) is 16.5. The summed E-state index contributed by atoms with van der Waals surface area (Å²) in [7, 11) is 1.59. The number of fused-ring (bicyclic) bond motifs is 5. The third kappa shape index (κ3) is 3.06. The Morgan fingerprint density at radius 1 is 1.17 bits per heavy atom. The quantitative estimate of drug-likeness (QED) is 0.657. The number of hydrogen-bond acceptors (Lipinski definition) is 5. The lowest BCUT2D eigenvalue weighted by Crippen LogP contribution is -2.74. The van der Waals surface area contributed by atoms with Crippen LogP contribution in [0, 0.1) is 0 Å². The minimum Gasteiger partial charge on any atom is -0.497 e. The van der Waals surface area contributed by atoms with Gasteiger partial charge in [-0.2, -0.15) is 0 Å². The number of amides is 2. The summed E-state index contributed by atoms with van der Waals surface area (Å²) in [6, 6.07) is 4.17. The molecule has 0 spiro atoms. The maximum absolute atomic E-state index is 13.9. The molecule has 2 amide bonds. The number of rotatable bonds is 3. The summed E-state index contributed by atoms with van der Waals surface area (Å²) in [4.78, 5) is 30.3. The van der Waals surface area contributed by atoms with Gasteiger partial charge in [-0.1, -0.05) is 17.2 Å². The zero-order chi connectivity index (χ0) is 25.4. The van der Waals surface area contributed by atoms with Crippen molar-refractivity contribution in [2.45, 2.75) is 71.4 Å². The van der Waals surface area contributed by atoms with Gasteiger partial charge in [-0.25, -0.2) is 0 Å². The van der Waals surface area contributed by atoms with E-state index in [1.165, 1.54) is 9.80 Å². The average molecular weight is 480 g/mol. The fourth-order valence-electron chi connectivity index (χ4n) is 5.90. The lowest BCUT2D eigenvalue weighted by molar-refractivity contribution is -0.229. The molecule has 8 nitrogen and oxygen atoms in total. The van der Waals surface area contributed by atoms with Crippen LogP contribution in [0.1, 0.15) is 70.9 Å². The summed E-state index contributed by atoms with van der Waals surface area (Å²) in [6.45, 7) is 10.2. The lowest BCUT2D eigenvalue weighted by atomic mass is 9.82. The Balaban J connectivity index is 1.92. The standard InChI is InChI=1S/C27H33N3O5/c1-14(2)12-21-23-22(18-10-9-17(35-6)13-20(18)29(23)16(5)15(3)4)24(31)27(34)26(33)28-11-7-8-19(28)25(32)30(21)27/h9-10,12-13,19,21,24,31,34H,7-8,11H2,1-6H3/t19-,21-,24-,27+/m0/s1. The van der Waals surface area contributed by atoms with E-state index in [1.807, 2.05) is 57.4 Å². The first-order valence-electron chi connectivity index (χ1n) is 12.1. The number of nitrogens with zero attached hydrogens (tertiary/aromatic N) is 3. The summed E-state index contributed by atoms with van der Waals surface area (Å²) in [5.74, 6) is -0.299. The van der Waals surface area contributed by atoms with Gasteiger partial charge >= 0.3 is 0 Å². The van der Waals surface area contributed by atoms with E-state index in [0.717, 1.165) is 22.4 Å². The average Bonchev–Trinajstić information content (AvgIpc) is 3.43. The van der Waals surface area contributed by atoms with Gasteiger partial charge in [0.1, 0.15) is 17.9 Å². The molecule has 4 atom stereocenters. The van der Waals surface area contributed by atoms with Crippen LogP contribution >= 0.6 is 0 Å². The summed E-state index contributed by atoms with van der Waals surface area (Å²) >= 11 is 0. The highest BCUT2D eigenvalue weighted by molar-refractivity contribution is 6.02. The van der Waals surface area contributed by atoms with E-state index in [0.29, 0.717) is 41.8 Å². The van der Waals surface area contributed by atoms with E-state index in [9.17, 15) is 19.8 Å². The molecule has 2 N–H and O–H groups in total. The van der Waals surface area contributed by atoms with E-state index in [1.54, 1.807) is 13.2 Å². The molecule has 0 radical (unpaired) electrons. The number of carbonyl (C=O) groups is 2. The van der Waals surface area contributed by atoms with E-state index in [4.69, 9.17) is 4.74 Å². The zero-order valence-electron chi connectivity index (χ0n) is 21.1. The van der Waals surface area contributed by atoms with E-state index >= 15 is 0 Å². The molecular formula is C27H33N3O5. The van der Waals surface area contributed by atoms with Crippen molar-refractivity contribution in [1.82, 2.24) is 14.4 Å². The van der Waals surface area contributed by atoms with Crippen molar-refractivity contribution in [3.05, 3.63) is 46.7 Å². The third-order valence-electron chi connectivity index (χ3n) is 7.73. The van der Waals surface area contributed by atoms with Gasteiger partial charge in [0.25, 0.3) is 11.6 Å². The van der Waals surface area contributed by atoms with Crippen molar-refractivity contribution in [2.75, 3.05) is 13.7 Å². The second-order valence-electron chi connectivity index (χ2n) is 10.3. The minimum atomic E-state index is -2.39. The minimum absolute atomic E-state index is 0.332. The molecule has 4 heterocycles. The van der Waals surface area contributed by atoms with Crippen LogP contribution < -0.4 is 4.74 Å². The molecule has 0 bridgehead atoms. The fourth-order valence-corrected chi connectivity index (χ4v) is 5.90. The molecular weight excluding hydrogens is 446 g/mol. The van der Waals surface area contributed by atoms with Crippen LogP contribution in [0.25, 0.3) is 16.6 Å². The number of aliphatic hydroxyl groups excluding tert-OH is 1. The molecule has 8 heteroatoms. The molecule has 0 saturated carbocycles. The van der Waals surface area contributed by atoms with Crippen LogP contribution in [0.2, 0.25) is 0 Å². The summed E-state index contributed by atoms with van der Waals surface area (Å²) in [5.41, 5.74) is 2.45. The molecule has 2 saturated heterocycles. The van der Waals surface area contributed by atoms with Gasteiger partial charge in [-0.3, -0.25) is 14.5 Å². The summed E-state index contributed by atoms with van der Waals surface area (Å²) in [6.07, 6.45) is 1.53. The first-order valence-corrected chi connectivity index (χ1v) is 12.1. The molecule has 2 fully saturated rings. The molecule has 186 valence electrons. The summed E-state index contributed by atoms with van der Waals surface area (Å²) < 4.78 is 7.52. The second kappa shape index (κ2) is 7.96. The normalized spacial score (nSPS) is 27.5. The molecule has 1 aromatic carbocycles. The Morgan fingerprint density at radius 2 is 1.89 bits per heavy atom. The van der Waals surface area contributed by atoms with Crippen molar-refractivity contribution in [2.24, 2.45) is 0 Å². The van der Waals surface area contributed by atoms with Gasteiger partial charge in [0.05, 0.1) is 24.4 Å². The topological polar surface area (TPSA) is 95.2 Å². The Labute approximate surface area is 205 Å². The molecule has 0 unspecified atom stereocenters. The van der Waals surface area contributed by atoms with Crippen LogP contribution in [0.4, 0.5) is 0 Å². The van der Waals surface area contributed by atoms with Gasteiger partial charge in [0.2, 0.25) is 5.91 Å². The molecule has 3 aliphatic rings. The molecule has 35 heavy (non-hydrogen) atoms. The van der Waals surface area contributed by atoms with Crippen molar-refractivity contribution in [3.63, 3.8) is 0 Å². The monoisotopic (exact) mass is 479 g/mol. The van der Waals surface area contributed by atoms with Gasteiger partial charge < -0.3 is 24.4 Å². The van der Waals surface area contributed by atoms with Gasteiger partial charge in [-0.05, 0) is 59.6 Å². The Bertz CT molecular complexity index is 1310. The predicted molar refractivity (Wildman–Crippen MR) is 132 cm³/mol. The summed E-state index contributed by atoms with van der Waals surface area (Å²) in [5, 5.41) is 24.4.